The van der Waals surface area contributed by atoms with E-state index in [2.05, 4.69) is 10.3 Å². The number of benzene rings is 1. The maximum Gasteiger partial charge on any atom is 0.253 e. The molecule has 0 radical (unpaired) electrons. The number of rotatable bonds is 5. The Labute approximate surface area is 187 Å². The van der Waals surface area contributed by atoms with Crippen LogP contribution in [0.4, 0.5) is 0 Å². The summed E-state index contributed by atoms with van der Waals surface area (Å²) in [4.78, 5) is 29.4. The molecule has 1 aliphatic rings. The van der Waals surface area contributed by atoms with E-state index in [0.717, 1.165) is 28.2 Å². The molecule has 1 fully saturated rings. The molecule has 8 heteroatoms. The van der Waals surface area contributed by atoms with Gasteiger partial charge in [-0.1, -0.05) is 17.3 Å². The van der Waals surface area contributed by atoms with Crippen molar-refractivity contribution in [3.63, 3.8) is 0 Å². The highest BCUT2D eigenvalue weighted by atomic mass is 16.5. The minimum atomic E-state index is -0.00181. The van der Waals surface area contributed by atoms with Gasteiger partial charge in [0.15, 0.2) is 0 Å². The minimum Gasteiger partial charge on any atom is -0.361 e. The highest BCUT2D eigenvalue weighted by Crippen LogP contribution is 2.16. The van der Waals surface area contributed by atoms with E-state index in [1.807, 2.05) is 72.5 Å². The second-order valence-corrected chi connectivity index (χ2v) is 8.44. The zero-order valence-corrected chi connectivity index (χ0v) is 19.1. The van der Waals surface area contributed by atoms with Crippen LogP contribution >= 0.6 is 0 Å². The summed E-state index contributed by atoms with van der Waals surface area (Å²) in [5.41, 5.74) is 5.39. The Kier molecular flexibility index (Phi) is 6.12. The van der Waals surface area contributed by atoms with E-state index < -0.39 is 0 Å². The number of amides is 2. The van der Waals surface area contributed by atoms with Gasteiger partial charge in [-0.2, -0.15) is 5.10 Å². The molecule has 3 aromatic rings. The summed E-state index contributed by atoms with van der Waals surface area (Å²) < 4.78 is 7.10. The molecule has 1 saturated heterocycles. The molecule has 1 aliphatic heterocycles. The van der Waals surface area contributed by atoms with Gasteiger partial charge >= 0.3 is 0 Å². The monoisotopic (exact) mass is 435 g/mol. The molecule has 1 aromatic carbocycles. The first-order chi connectivity index (χ1) is 15.3. The second kappa shape index (κ2) is 8.98. The van der Waals surface area contributed by atoms with E-state index in [1.54, 1.807) is 0 Å². The lowest BCUT2D eigenvalue weighted by molar-refractivity contribution is -0.131. The van der Waals surface area contributed by atoms with Gasteiger partial charge in [0.05, 0.1) is 24.4 Å². The summed E-state index contributed by atoms with van der Waals surface area (Å²) in [6, 6.07) is 9.76. The third kappa shape index (κ3) is 4.59. The zero-order valence-electron chi connectivity index (χ0n) is 19.1. The van der Waals surface area contributed by atoms with Crippen LogP contribution in [0.25, 0.3) is 0 Å². The topological polar surface area (TPSA) is 84.5 Å². The number of aromatic nitrogens is 3. The highest BCUT2D eigenvalue weighted by Gasteiger charge is 2.26. The van der Waals surface area contributed by atoms with Crippen molar-refractivity contribution < 1.29 is 14.1 Å². The number of carbonyl (C=O) groups is 2. The van der Waals surface area contributed by atoms with Crippen molar-refractivity contribution in [2.45, 2.75) is 40.7 Å². The predicted octanol–water partition coefficient (Wildman–Crippen LogP) is 2.68. The number of aryl methyl sites for hydroxylation is 4. The highest BCUT2D eigenvalue weighted by molar-refractivity contribution is 5.94. The van der Waals surface area contributed by atoms with E-state index in [9.17, 15) is 9.59 Å². The van der Waals surface area contributed by atoms with Gasteiger partial charge < -0.3 is 14.3 Å². The fourth-order valence-electron chi connectivity index (χ4n) is 4.17. The SMILES string of the molecule is Cc1cc(C)n(Cc2cccc(C(=O)N3CCN(C(=O)Cc4c(C)noc4C)CC3)c2)n1. The van der Waals surface area contributed by atoms with Gasteiger partial charge in [-0.25, -0.2) is 0 Å². The average molecular weight is 436 g/mol. The molecule has 0 saturated carbocycles. The number of carbonyl (C=O) groups excluding carboxylic acids is 2. The summed E-state index contributed by atoms with van der Waals surface area (Å²) in [7, 11) is 0. The molecule has 0 N–H and O–H groups in total. The van der Waals surface area contributed by atoms with Crippen LogP contribution in [-0.2, 0) is 17.8 Å². The Balaban J connectivity index is 1.36. The lowest BCUT2D eigenvalue weighted by Crippen LogP contribution is -2.51. The summed E-state index contributed by atoms with van der Waals surface area (Å²) in [5, 5.41) is 8.42. The number of hydrogen-bond acceptors (Lipinski definition) is 5. The van der Waals surface area contributed by atoms with Crippen LogP contribution in [0.5, 0.6) is 0 Å². The van der Waals surface area contributed by atoms with Crippen molar-refractivity contribution in [3.8, 4) is 0 Å². The standard InChI is InChI=1S/C24H29N5O3/c1-16-12-17(2)29(25-16)15-20-6-5-7-21(13-20)24(31)28-10-8-27(9-11-28)23(30)14-22-18(3)26-32-19(22)4/h5-7,12-13H,8-11,14-15H2,1-4H3. The van der Waals surface area contributed by atoms with Crippen molar-refractivity contribution >= 4 is 11.8 Å². The first-order valence-corrected chi connectivity index (χ1v) is 10.9. The summed E-state index contributed by atoms with van der Waals surface area (Å²) >= 11 is 0. The molecule has 0 spiro atoms. The van der Waals surface area contributed by atoms with Gasteiger partial charge in [0.2, 0.25) is 5.91 Å². The van der Waals surface area contributed by atoms with E-state index in [4.69, 9.17) is 4.52 Å². The first kappa shape index (κ1) is 21.8. The largest absolute Gasteiger partial charge is 0.361 e. The molecule has 32 heavy (non-hydrogen) atoms. The van der Waals surface area contributed by atoms with E-state index >= 15 is 0 Å². The third-order valence-corrected chi connectivity index (χ3v) is 6.04. The van der Waals surface area contributed by atoms with E-state index in [1.165, 1.54) is 0 Å². The molecule has 0 atom stereocenters. The first-order valence-electron chi connectivity index (χ1n) is 10.9. The van der Waals surface area contributed by atoms with Gasteiger partial charge in [-0.15, -0.1) is 0 Å². The summed E-state index contributed by atoms with van der Waals surface area (Å²) in [6.45, 7) is 10.4. The molecular weight excluding hydrogens is 406 g/mol. The minimum absolute atomic E-state index is 0.00181. The van der Waals surface area contributed by atoms with Gasteiger partial charge in [0, 0.05) is 43.0 Å². The van der Waals surface area contributed by atoms with Gasteiger partial charge in [0.25, 0.3) is 5.91 Å². The van der Waals surface area contributed by atoms with Crippen molar-refractivity contribution in [3.05, 3.63) is 69.9 Å². The third-order valence-electron chi connectivity index (χ3n) is 6.04. The average Bonchev–Trinajstić information content (AvgIpc) is 3.27. The lowest BCUT2D eigenvalue weighted by Gasteiger charge is -2.35. The fourth-order valence-corrected chi connectivity index (χ4v) is 4.17. The number of hydrogen-bond donors (Lipinski definition) is 0. The van der Waals surface area contributed by atoms with Gasteiger partial charge in [-0.3, -0.25) is 14.3 Å². The smallest absolute Gasteiger partial charge is 0.253 e. The molecule has 0 unspecified atom stereocenters. The molecule has 0 bridgehead atoms. The second-order valence-electron chi connectivity index (χ2n) is 8.44. The van der Waals surface area contributed by atoms with Crippen molar-refractivity contribution in [2.24, 2.45) is 0 Å². The molecule has 2 amide bonds. The molecule has 3 heterocycles. The maximum atomic E-state index is 13.1. The fraction of sp³-hybridized carbons (Fsp3) is 0.417. The predicted molar refractivity (Wildman–Crippen MR) is 119 cm³/mol. The van der Waals surface area contributed by atoms with Crippen LogP contribution in [-0.4, -0.2) is 62.7 Å². The van der Waals surface area contributed by atoms with Crippen LogP contribution in [0.15, 0.2) is 34.9 Å². The molecular formula is C24H29N5O3. The van der Waals surface area contributed by atoms with Crippen LogP contribution < -0.4 is 0 Å². The lowest BCUT2D eigenvalue weighted by atomic mass is 10.1. The molecule has 8 nitrogen and oxygen atoms in total. The Bertz CT molecular complexity index is 1120. The van der Waals surface area contributed by atoms with E-state index in [0.29, 0.717) is 44.0 Å². The van der Waals surface area contributed by atoms with Gasteiger partial charge in [-0.05, 0) is 51.5 Å². The zero-order chi connectivity index (χ0) is 22.8. The Morgan fingerprint density at radius 2 is 1.72 bits per heavy atom. The van der Waals surface area contributed by atoms with Crippen LogP contribution in [0.2, 0.25) is 0 Å². The Morgan fingerprint density at radius 3 is 2.34 bits per heavy atom. The maximum absolute atomic E-state index is 13.1. The summed E-state index contributed by atoms with van der Waals surface area (Å²) in [5.74, 6) is 0.724. The molecule has 2 aromatic heterocycles. The molecule has 4 rings (SSSR count). The van der Waals surface area contributed by atoms with Crippen LogP contribution in [0.1, 0.15) is 44.3 Å². The van der Waals surface area contributed by atoms with Crippen LogP contribution in [0.3, 0.4) is 0 Å². The van der Waals surface area contributed by atoms with Crippen molar-refractivity contribution in [1.29, 1.82) is 0 Å². The quantitative estimate of drug-likeness (QED) is 0.615. The van der Waals surface area contributed by atoms with Crippen molar-refractivity contribution in [2.75, 3.05) is 26.2 Å². The van der Waals surface area contributed by atoms with Crippen molar-refractivity contribution in [1.82, 2.24) is 24.7 Å². The number of nitrogens with zero attached hydrogens (tertiary/aromatic N) is 5. The Hall–Kier alpha value is -3.42. The normalized spacial score (nSPS) is 14.1. The van der Waals surface area contributed by atoms with Crippen LogP contribution in [0, 0.1) is 27.7 Å². The van der Waals surface area contributed by atoms with E-state index in [-0.39, 0.29) is 18.2 Å². The summed E-state index contributed by atoms with van der Waals surface area (Å²) in [6.07, 6.45) is 0.281. The number of piperazine rings is 1. The molecule has 168 valence electrons. The molecule has 0 aliphatic carbocycles. The van der Waals surface area contributed by atoms with Gasteiger partial charge in [0.1, 0.15) is 5.76 Å². The Morgan fingerprint density at radius 1 is 1.00 bits per heavy atom.